The van der Waals surface area contributed by atoms with Crippen LogP contribution in [0.3, 0.4) is 0 Å². The second kappa shape index (κ2) is 5.15. The monoisotopic (exact) mass is 294 g/mol. The van der Waals surface area contributed by atoms with Gasteiger partial charge in [0.05, 0.1) is 11.5 Å². The van der Waals surface area contributed by atoms with Crippen molar-refractivity contribution in [2.45, 2.75) is 59.0 Å². The average molecular weight is 294 g/mol. The molecule has 2 rings (SSSR count). The fraction of sp³-hybridized carbons (Fsp3) is 0.688. The molecule has 0 saturated heterocycles. The molecule has 0 bridgehead atoms. The van der Waals surface area contributed by atoms with Gasteiger partial charge in [-0.15, -0.1) is 11.3 Å². The lowest BCUT2D eigenvalue weighted by atomic mass is 9.73. The molecule has 0 radical (unpaired) electrons. The van der Waals surface area contributed by atoms with Crippen molar-refractivity contribution in [2.75, 3.05) is 6.54 Å². The van der Waals surface area contributed by atoms with Crippen LogP contribution in [0.4, 0.5) is 0 Å². The van der Waals surface area contributed by atoms with E-state index in [9.17, 15) is 4.79 Å². The number of hydrogen-bond acceptors (Lipinski definition) is 3. The minimum Gasteiger partial charge on any atom is -0.335 e. The molecule has 0 spiro atoms. The smallest absolute Gasteiger partial charge is 0.230 e. The molecule has 2 heterocycles. The zero-order chi connectivity index (χ0) is 15.1. The first-order valence-electron chi connectivity index (χ1n) is 7.36. The van der Waals surface area contributed by atoms with Crippen molar-refractivity contribution >= 4 is 17.2 Å². The Morgan fingerprint density at radius 1 is 1.45 bits per heavy atom. The Morgan fingerprint density at radius 2 is 2.10 bits per heavy atom. The molecule has 1 amide bonds. The number of hydrogen-bond donors (Lipinski definition) is 1. The second-order valence-electron chi connectivity index (χ2n) is 6.82. The fourth-order valence-corrected chi connectivity index (χ4v) is 3.64. The van der Waals surface area contributed by atoms with Gasteiger partial charge in [0.25, 0.3) is 0 Å². The lowest BCUT2D eigenvalue weighted by molar-refractivity contribution is -0.146. The quantitative estimate of drug-likeness (QED) is 0.929. The maximum absolute atomic E-state index is 13.0. The van der Waals surface area contributed by atoms with Crippen molar-refractivity contribution in [1.29, 1.82) is 0 Å². The molecule has 1 aromatic rings. The normalized spacial score (nSPS) is 19.9. The average Bonchev–Trinajstić information content (AvgIpc) is 2.83. The van der Waals surface area contributed by atoms with Crippen LogP contribution in [-0.4, -0.2) is 22.9 Å². The Kier molecular flexibility index (Phi) is 4.00. The molecule has 1 aliphatic rings. The van der Waals surface area contributed by atoms with Crippen molar-refractivity contribution in [3.63, 3.8) is 0 Å². The van der Waals surface area contributed by atoms with Gasteiger partial charge in [-0.2, -0.15) is 0 Å². The lowest BCUT2D eigenvalue weighted by Gasteiger charge is -2.44. The summed E-state index contributed by atoms with van der Waals surface area (Å²) in [5, 5.41) is 2.14. The van der Waals surface area contributed by atoms with Gasteiger partial charge in [0.15, 0.2) is 0 Å². The highest BCUT2D eigenvalue weighted by atomic mass is 32.1. The van der Waals surface area contributed by atoms with E-state index in [0.717, 1.165) is 19.4 Å². The number of amides is 1. The van der Waals surface area contributed by atoms with Crippen molar-refractivity contribution in [3.05, 3.63) is 21.9 Å². The van der Waals surface area contributed by atoms with E-state index in [0.29, 0.717) is 0 Å². The van der Waals surface area contributed by atoms with Gasteiger partial charge in [0.2, 0.25) is 5.91 Å². The van der Waals surface area contributed by atoms with Gasteiger partial charge >= 0.3 is 0 Å². The van der Waals surface area contributed by atoms with Crippen LogP contribution in [0.5, 0.6) is 0 Å². The Morgan fingerprint density at radius 3 is 2.65 bits per heavy atom. The summed E-state index contributed by atoms with van der Waals surface area (Å²) < 4.78 is 0. The fourth-order valence-electron chi connectivity index (χ4n) is 2.71. The molecule has 1 unspecified atom stereocenters. The molecule has 3 nitrogen and oxygen atoms in total. The topological polar surface area (TPSA) is 46.3 Å². The standard InChI is InChI=1S/C16H26N2OS/c1-6-12-11-8-10-20-13(11)7-9-18(12)14(19)15(2,3)16(4,5)17/h8,10,12H,6-7,9,17H2,1-5H3. The molecular weight excluding hydrogens is 268 g/mol. The number of carbonyl (C=O) groups is 1. The summed E-state index contributed by atoms with van der Waals surface area (Å²) in [6.45, 7) is 10.8. The van der Waals surface area contributed by atoms with Gasteiger partial charge in [0, 0.05) is 17.0 Å². The first-order chi connectivity index (χ1) is 9.20. The van der Waals surface area contributed by atoms with E-state index < -0.39 is 11.0 Å². The number of nitrogens with two attached hydrogens (primary N) is 1. The van der Waals surface area contributed by atoms with E-state index in [4.69, 9.17) is 5.73 Å². The van der Waals surface area contributed by atoms with Crippen LogP contribution in [-0.2, 0) is 11.2 Å². The summed E-state index contributed by atoms with van der Waals surface area (Å²) >= 11 is 1.81. The molecule has 1 aromatic heterocycles. The van der Waals surface area contributed by atoms with Crippen LogP contribution >= 0.6 is 11.3 Å². The zero-order valence-corrected chi connectivity index (χ0v) is 14.0. The van der Waals surface area contributed by atoms with Gasteiger partial charge in [0.1, 0.15) is 0 Å². The third kappa shape index (κ3) is 2.40. The van der Waals surface area contributed by atoms with E-state index in [1.165, 1.54) is 10.4 Å². The predicted octanol–water partition coefficient (Wildman–Crippen LogP) is 3.35. The second-order valence-corrected chi connectivity index (χ2v) is 7.82. The van der Waals surface area contributed by atoms with Gasteiger partial charge in [-0.1, -0.05) is 6.92 Å². The summed E-state index contributed by atoms with van der Waals surface area (Å²) in [4.78, 5) is 16.5. The predicted molar refractivity (Wildman–Crippen MR) is 84.8 cm³/mol. The van der Waals surface area contributed by atoms with Crippen molar-refractivity contribution in [2.24, 2.45) is 11.1 Å². The van der Waals surface area contributed by atoms with Crippen molar-refractivity contribution in [1.82, 2.24) is 4.90 Å². The number of carbonyl (C=O) groups excluding carboxylic acids is 1. The number of nitrogens with zero attached hydrogens (tertiary/aromatic N) is 1. The van der Waals surface area contributed by atoms with Gasteiger partial charge in [-0.05, 0) is 57.5 Å². The molecule has 0 fully saturated rings. The van der Waals surface area contributed by atoms with Crippen LogP contribution in [0.1, 0.15) is 57.5 Å². The number of fused-ring (bicyclic) bond motifs is 1. The molecule has 1 atom stereocenters. The van der Waals surface area contributed by atoms with E-state index in [1.54, 1.807) is 0 Å². The molecule has 0 aromatic carbocycles. The largest absolute Gasteiger partial charge is 0.335 e. The van der Waals surface area contributed by atoms with Crippen molar-refractivity contribution in [3.8, 4) is 0 Å². The molecule has 20 heavy (non-hydrogen) atoms. The zero-order valence-electron chi connectivity index (χ0n) is 13.2. The van der Waals surface area contributed by atoms with Crippen LogP contribution in [0.2, 0.25) is 0 Å². The maximum Gasteiger partial charge on any atom is 0.230 e. The van der Waals surface area contributed by atoms with Gasteiger partial charge in [-0.25, -0.2) is 0 Å². The Labute approximate surface area is 126 Å². The van der Waals surface area contributed by atoms with E-state index >= 15 is 0 Å². The van der Waals surface area contributed by atoms with Gasteiger partial charge in [-0.3, -0.25) is 4.79 Å². The molecule has 0 saturated carbocycles. The molecule has 4 heteroatoms. The minimum atomic E-state index is -0.562. The molecule has 112 valence electrons. The third-order valence-corrected chi connectivity index (χ3v) is 5.88. The van der Waals surface area contributed by atoms with Crippen LogP contribution < -0.4 is 5.73 Å². The maximum atomic E-state index is 13.0. The summed E-state index contributed by atoms with van der Waals surface area (Å²) in [6.07, 6.45) is 1.92. The summed E-state index contributed by atoms with van der Waals surface area (Å²) in [6, 6.07) is 2.38. The highest BCUT2D eigenvalue weighted by molar-refractivity contribution is 7.10. The summed E-state index contributed by atoms with van der Waals surface area (Å²) in [7, 11) is 0. The molecule has 1 aliphatic heterocycles. The Balaban J connectivity index is 2.32. The van der Waals surface area contributed by atoms with Crippen LogP contribution in [0.15, 0.2) is 11.4 Å². The van der Waals surface area contributed by atoms with Crippen LogP contribution in [0.25, 0.3) is 0 Å². The summed E-state index contributed by atoms with van der Waals surface area (Å²) in [5.74, 6) is 0.175. The first-order valence-corrected chi connectivity index (χ1v) is 8.24. The first kappa shape index (κ1) is 15.5. The van der Waals surface area contributed by atoms with E-state index in [2.05, 4.69) is 18.4 Å². The minimum absolute atomic E-state index is 0.175. The Bertz CT molecular complexity index is 499. The van der Waals surface area contributed by atoms with Gasteiger partial charge < -0.3 is 10.6 Å². The van der Waals surface area contributed by atoms with E-state index in [1.807, 2.05) is 43.9 Å². The SMILES string of the molecule is CCC1c2ccsc2CCN1C(=O)C(C)(C)C(C)(C)N. The van der Waals surface area contributed by atoms with E-state index in [-0.39, 0.29) is 11.9 Å². The molecular formula is C16H26N2OS. The number of rotatable bonds is 3. The summed E-state index contributed by atoms with van der Waals surface area (Å²) in [5.41, 5.74) is 6.48. The van der Waals surface area contributed by atoms with Crippen molar-refractivity contribution < 1.29 is 4.79 Å². The highest BCUT2D eigenvalue weighted by Crippen LogP contribution is 2.39. The number of thiophene rings is 1. The van der Waals surface area contributed by atoms with Crippen LogP contribution in [0, 0.1) is 5.41 Å². The third-order valence-electron chi connectivity index (χ3n) is 4.89. The lowest BCUT2D eigenvalue weighted by Crippen LogP contribution is -2.57. The molecule has 2 N–H and O–H groups in total. The molecule has 0 aliphatic carbocycles. The Hall–Kier alpha value is -0.870. The highest BCUT2D eigenvalue weighted by Gasteiger charge is 2.45.